The Labute approximate surface area is 172 Å². The number of hydrogen-bond donors (Lipinski definition) is 0. The number of carbonyl (C=O) groups excluding carboxylic acids is 1. The summed E-state index contributed by atoms with van der Waals surface area (Å²) < 4.78 is 13.6. The minimum atomic E-state index is -0.591. The SMILES string of the molecule is Cc1cc(CN(C[C@@H]2COC(C)(C)O2)C(=O)[C@H]2CCc3ccccc3C2)n(C)n1. The van der Waals surface area contributed by atoms with E-state index in [-0.39, 0.29) is 17.9 Å². The summed E-state index contributed by atoms with van der Waals surface area (Å²) in [5.74, 6) is -0.382. The van der Waals surface area contributed by atoms with Crippen LogP contribution in [-0.4, -0.2) is 45.6 Å². The summed E-state index contributed by atoms with van der Waals surface area (Å²) in [5, 5.41) is 4.44. The molecule has 2 atom stereocenters. The van der Waals surface area contributed by atoms with Gasteiger partial charge in [-0.1, -0.05) is 24.3 Å². The molecule has 4 rings (SSSR count). The Bertz CT molecular complexity index is 889. The smallest absolute Gasteiger partial charge is 0.226 e. The van der Waals surface area contributed by atoms with Crippen molar-refractivity contribution >= 4 is 5.91 Å². The number of amides is 1. The second-order valence-electron chi connectivity index (χ2n) is 8.78. The fourth-order valence-electron chi connectivity index (χ4n) is 4.51. The first-order valence-electron chi connectivity index (χ1n) is 10.5. The van der Waals surface area contributed by atoms with Gasteiger partial charge in [-0.05, 0) is 57.2 Å². The van der Waals surface area contributed by atoms with Crippen molar-refractivity contribution in [2.24, 2.45) is 13.0 Å². The average Bonchev–Trinajstić information content (AvgIpc) is 3.20. The van der Waals surface area contributed by atoms with Crippen molar-refractivity contribution in [3.05, 3.63) is 52.8 Å². The van der Waals surface area contributed by atoms with E-state index in [4.69, 9.17) is 9.47 Å². The zero-order chi connectivity index (χ0) is 20.6. The molecule has 2 heterocycles. The Morgan fingerprint density at radius 1 is 1.31 bits per heavy atom. The maximum absolute atomic E-state index is 13.6. The topological polar surface area (TPSA) is 56.6 Å². The number of rotatable bonds is 5. The number of aryl methyl sites for hydroxylation is 3. The zero-order valence-corrected chi connectivity index (χ0v) is 17.9. The lowest BCUT2D eigenvalue weighted by molar-refractivity contribution is -0.149. The van der Waals surface area contributed by atoms with Crippen molar-refractivity contribution < 1.29 is 14.3 Å². The van der Waals surface area contributed by atoms with Crippen molar-refractivity contribution in [1.29, 1.82) is 0 Å². The lowest BCUT2D eigenvalue weighted by atomic mass is 9.83. The molecular weight excluding hydrogens is 366 g/mol. The molecule has 0 unspecified atom stereocenters. The monoisotopic (exact) mass is 397 g/mol. The average molecular weight is 398 g/mol. The molecule has 29 heavy (non-hydrogen) atoms. The van der Waals surface area contributed by atoms with Crippen LogP contribution >= 0.6 is 0 Å². The van der Waals surface area contributed by atoms with Crippen molar-refractivity contribution in [2.45, 2.75) is 58.5 Å². The van der Waals surface area contributed by atoms with Crippen molar-refractivity contribution in [2.75, 3.05) is 13.2 Å². The molecule has 0 saturated carbocycles. The van der Waals surface area contributed by atoms with E-state index in [2.05, 4.69) is 29.4 Å². The van der Waals surface area contributed by atoms with Crippen LogP contribution in [0.2, 0.25) is 0 Å². The van der Waals surface area contributed by atoms with Gasteiger partial charge in [0.2, 0.25) is 5.91 Å². The highest BCUT2D eigenvalue weighted by Crippen LogP contribution is 2.29. The quantitative estimate of drug-likeness (QED) is 0.778. The van der Waals surface area contributed by atoms with E-state index in [0.29, 0.717) is 19.7 Å². The molecule has 0 bridgehead atoms. The fraction of sp³-hybridized carbons (Fsp3) is 0.565. The van der Waals surface area contributed by atoms with Crippen LogP contribution in [0.15, 0.2) is 30.3 Å². The third kappa shape index (κ3) is 4.54. The number of fused-ring (bicyclic) bond motifs is 1. The Hall–Kier alpha value is -2.18. The van der Waals surface area contributed by atoms with Gasteiger partial charge in [0, 0.05) is 19.5 Å². The summed E-state index contributed by atoms with van der Waals surface area (Å²) in [6, 6.07) is 10.5. The van der Waals surface area contributed by atoms with Crippen LogP contribution in [0.1, 0.15) is 42.8 Å². The third-order valence-electron chi connectivity index (χ3n) is 5.95. The predicted octanol–water partition coefficient (Wildman–Crippen LogP) is 3.01. The van der Waals surface area contributed by atoms with E-state index in [9.17, 15) is 4.79 Å². The van der Waals surface area contributed by atoms with Gasteiger partial charge in [0.25, 0.3) is 0 Å². The van der Waals surface area contributed by atoms with Gasteiger partial charge in [-0.15, -0.1) is 0 Å². The normalized spacial score (nSPS) is 23.0. The molecule has 1 aromatic heterocycles. The Morgan fingerprint density at radius 3 is 2.72 bits per heavy atom. The summed E-state index contributed by atoms with van der Waals surface area (Å²) in [7, 11) is 1.93. The minimum Gasteiger partial charge on any atom is -0.348 e. The summed E-state index contributed by atoms with van der Waals surface area (Å²) in [4.78, 5) is 15.5. The number of carbonyl (C=O) groups is 1. The summed E-state index contributed by atoms with van der Waals surface area (Å²) in [6.45, 7) is 7.39. The first-order valence-corrected chi connectivity index (χ1v) is 10.5. The van der Waals surface area contributed by atoms with E-state index in [1.54, 1.807) is 0 Å². The molecule has 1 amide bonds. The summed E-state index contributed by atoms with van der Waals surface area (Å²) in [5.41, 5.74) is 4.67. The van der Waals surface area contributed by atoms with Gasteiger partial charge < -0.3 is 14.4 Å². The highest BCUT2D eigenvalue weighted by Gasteiger charge is 2.36. The van der Waals surface area contributed by atoms with E-state index >= 15 is 0 Å². The predicted molar refractivity (Wildman–Crippen MR) is 110 cm³/mol. The molecule has 2 aliphatic rings. The van der Waals surface area contributed by atoms with Gasteiger partial charge in [0.15, 0.2) is 5.79 Å². The van der Waals surface area contributed by atoms with Gasteiger partial charge in [-0.25, -0.2) is 0 Å². The Morgan fingerprint density at radius 2 is 2.07 bits per heavy atom. The van der Waals surface area contributed by atoms with Crippen LogP contribution in [-0.2, 0) is 40.7 Å². The molecule has 1 fully saturated rings. The largest absolute Gasteiger partial charge is 0.348 e. The first-order chi connectivity index (χ1) is 13.8. The zero-order valence-electron chi connectivity index (χ0n) is 17.9. The van der Waals surface area contributed by atoms with E-state index < -0.39 is 5.79 Å². The molecule has 6 nitrogen and oxygen atoms in total. The molecule has 0 spiro atoms. The van der Waals surface area contributed by atoms with Gasteiger partial charge in [0.05, 0.1) is 24.5 Å². The Balaban J connectivity index is 1.52. The number of aromatic nitrogens is 2. The maximum Gasteiger partial charge on any atom is 0.226 e. The van der Waals surface area contributed by atoms with E-state index in [0.717, 1.165) is 30.7 Å². The molecular formula is C23H31N3O3. The van der Waals surface area contributed by atoms with Gasteiger partial charge in [-0.3, -0.25) is 9.48 Å². The summed E-state index contributed by atoms with van der Waals surface area (Å²) >= 11 is 0. The minimum absolute atomic E-state index is 0.00885. The van der Waals surface area contributed by atoms with Crippen LogP contribution in [0.4, 0.5) is 0 Å². The second kappa shape index (κ2) is 7.92. The molecule has 0 radical (unpaired) electrons. The highest BCUT2D eigenvalue weighted by atomic mass is 16.7. The van der Waals surface area contributed by atoms with Crippen LogP contribution in [0.5, 0.6) is 0 Å². The van der Waals surface area contributed by atoms with Crippen molar-refractivity contribution in [1.82, 2.24) is 14.7 Å². The third-order valence-corrected chi connectivity index (χ3v) is 5.95. The molecule has 0 N–H and O–H groups in total. The molecule has 6 heteroatoms. The lowest BCUT2D eigenvalue weighted by Crippen LogP contribution is -2.43. The number of ether oxygens (including phenoxy) is 2. The molecule has 1 aliphatic heterocycles. The van der Waals surface area contributed by atoms with E-state index in [1.807, 2.05) is 43.5 Å². The standard InChI is InChI=1S/C23H31N3O3/c1-16-11-20(25(4)24-16)13-26(14-21-15-28-23(2,3)29-21)22(27)19-10-9-17-7-5-6-8-18(17)12-19/h5-8,11,19,21H,9-10,12-15H2,1-4H3/t19-,21+/m0/s1. The molecule has 2 aromatic rings. The summed E-state index contributed by atoms with van der Waals surface area (Å²) in [6.07, 6.45) is 2.55. The highest BCUT2D eigenvalue weighted by molar-refractivity contribution is 5.79. The van der Waals surface area contributed by atoms with E-state index in [1.165, 1.54) is 11.1 Å². The molecule has 156 valence electrons. The second-order valence-corrected chi connectivity index (χ2v) is 8.78. The van der Waals surface area contributed by atoms with Crippen LogP contribution in [0.3, 0.4) is 0 Å². The lowest BCUT2D eigenvalue weighted by Gasteiger charge is -2.31. The fourth-order valence-corrected chi connectivity index (χ4v) is 4.51. The van der Waals surface area contributed by atoms with Crippen LogP contribution in [0.25, 0.3) is 0 Å². The van der Waals surface area contributed by atoms with Gasteiger partial charge in [-0.2, -0.15) is 5.10 Å². The maximum atomic E-state index is 13.6. The van der Waals surface area contributed by atoms with Gasteiger partial charge >= 0.3 is 0 Å². The number of benzene rings is 1. The molecule has 1 saturated heterocycles. The first kappa shape index (κ1) is 20.1. The number of nitrogens with zero attached hydrogens (tertiary/aromatic N) is 3. The van der Waals surface area contributed by atoms with Crippen LogP contribution < -0.4 is 0 Å². The molecule has 1 aliphatic carbocycles. The number of hydrogen-bond acceptors (Lipinski definition) is 4. The van der Waals surface area contributed by atoms with Crippen molar-refractivity contribution in [3.63, 3.8) is 0 Å². The van der Waals surface area contributed by atoms with Crippen LogP contribution in [0, 0.1) is 12.8 Å². The van der Waals surface area contributed by atoms with Gasteiger partial charge in [0.1, 0.15) is 6.10 Å². The Kier molecular flexibility index (Phi) is 5.49. The van der Waals surface area contributed by atoms with Crippen molar-refractivity contribution in [3.8, 4) is 0 Å². The molecule has 1 aromatic carbocycles.